The minimum atomic E-state index is 0.0447. The molecule has 2 rings (SSSR count). The highest BCUT2D eigenvalue weighted by molar-refractivity contribution is 7.99. The Balaban J connectivity index is 1.71. The lowest BCUT2D eigenvalue weighted by molar-refractivity contribution is -0.119. The minimum Gasteiger partial charge on any atom is -0.389 e. The SMILES string of the molecule is NC(=S)c1ccccc1CSCC(=O)NCC1CCCO1. The van der Waals surface area contributed by atoms with E-state index >= 15 is 0 Å². The Bertz CT molecular complexity index is 502. The topological polar surface area (TPSA) is 64.4 Å². The van der Waals surface area contributed by atoms with Crippen molar-refractivity contribution in [2.45, 2.75) is 24.7 Å². The van der Waals surface area contributed by atoms with Gasteiger partial charge in [-0.25, -0.2) is 0 Å². The number of hydrogen-bond acceptors (Lipinski definition) is 4. The quantitative estimate of drug-likeness (QED) is 0.750. The lowest BCUT2D eigenvalue weighted by atomic mass is 10.1. The van der Waals surface area contributed by atoms with Gasteiger partial charge in [-0.15, -0.1) is 11.8 Å². The molecule has 21 heavy (non-hydrogen) atoms. The maximum absolute atomic E-state index is 11.8. The van der Waals surface area contributed by atoms with Gasteiger partial charge in [-0.2, -0.15) is 0 Å². The van der Waals surface area contributed by atoms with Gasteiger partial charge in [0.2, 0.25) is 5.91 Å². The maximum atomic E-state index is 11.8. The lowest BCUT2D eigenvalue weighted by Gasteiger charge is -2.11. The van der Waals surface area contributed by atoms with Crippen LogP contribution in [-0.4, -0.2) is 35.9 Å². The van der Waals surface area contributed by atoms with Crippen LogP contribution in [-0.2, 0) is 15.3 Å². The maximum Gasteiger partial charge on any atom is 0.230 e. The van der Waals surface area contributed by atoms with E-state index in [9.17, 15) is 4.79 Å². The average Bonchev–Trinajstić information content (AvgIpc) is 2.99. The molecule has 1 aromatic carbocycles. The molecule has 1 aliphatic rings. The van der Waals surface area contributed by atoms with E-state index in [-0.39, 0.29) is 12.0 Å². The zero-order valence-corrected chi connectivity index (χ0v) is 13.5. The first kappa shape index (κ1) is 16.3. The lowest BCUT2D eigenvalue weighted by Crippen LogP contribution is -2.32. The van der Waals surface area contributed by atoms with Crippen LogP contribution in [0, 0.1) is 0 Å². The van der Waals surface area contributed by atoms with Crippen molar-refractivity contribution in [1.29, 1.82) is 0 Å². The molecule has 0 bridgehead atoms. The van der Waals surface area contributed by atoms with Gasteiger partial charge in [0.1, 0.15) is 4.99 Å². The molecule has 3 N–H and O–H groups in total. The number of carbonyl (C=O) groups is 1. The summed E-state index contributed by atoms with van der Waals surface area (Å²) in [6.45, 7) is 1.42. The fraction of sp³-hybridized carbons (Fsp3) is 0.467. The van der Waals surface area contributed by atoms with Crippen molar-refractivity contribution in [3.63, 3.8) is 0 Å². The number of thioether (sulfide) groups is 1. The fourth-order valence-corrected chi connectivity index (χ4v) is 3.28. The highest BCUT2D eigenvalue weighted by Crippen LogP contribution is 2.16. The van der Waals surface area contributed by atoms with Crippen LogP contribution in [0.5, 0.6) is 0 Å². The van der Waals surface area contributed by atoms with Crippen LogP contribution in [0.4, 0.5) is 0 Å². The number of benzene rings is 1. The van der Waals surface area contributed by atoms with Gasteiger partial charge in [0.25, 0.3) is 0 Å². The van der Waals surface area contributed by atoms with Crippen LogP contribution in [0.15, 0.2) is 24.3 Å². The second-order valence-corrected chi connectivity index (χ2v) is 6.38. The molecule has 1 aliphatic heterocycles. The Hall–Kier alpha value is -1.11. The predicted molar refractivity (Wildman–Crippen MR) is 90.5 cm³/mol. The molecule has 1 heterocycles. The van der Waals surface area contributed by atoms with Crippen molar-refractivity contribution in [3.8, 4) is 0 Å². The summed E-state index contributed by atoms with van der Waals surface area (Å²) in [5, 5.41) is 2.91. The first-order valence-electron chi connectivity index (χ1n) is 7.00. The molecule has 0 aromatic heterocycles. The molecule has 114 valence electrons. The monoisotopic (exact) mass is 324 g/mol. The van der Waals surface area contributed by atoms with Gasteiger partial charge < -0.3 is 15.8 Å². The van der Waals surface area contributed by atoms with Crippen molar-refractivity contribution in [2.24, 2.45) is 5.73 Å². The van der Waals surface area contributed by atoms with E-state index in [1.807, 2.05) is 24.3 Å². The van der Waals surface area contributed by atoms with Gasteiger partial charge in [-0.1, -0.05) is 36.5 Å². The largest absolute Gasteiger partial charge is 0.389 e. The standard InChI is InChI=1S/C15H20N2O2S2/c16-15(20)13-6-2-1-4-11(13)9-21-10-14(18)17-8-12-5-3-7-19-12/h1-2,4,6,12H,3,5,7-10H2,(H2,16,20)(H,17,18). The Morgan fingerprint density at radius 3 is 3.00 bits per heavy atom. The number of ether oxygens (including phenoxy) is 1. The first-order chi connectivity index (χ1) is 10.2. The molecule has 4 nitrogen and oxygen atoms in total. The van der Waals surface area contributed by atoms with Crippen molar-refractivity contribution < 1.29 is 9.53 Å². The van der Waals surface area contributed by atoms with Gasteiger partial charge in [-0.3, -0.25) is 4.79 Å². The molecule has 6 heteroatoms. The predicted octanol–water partition coefficient (Wildman–Crippen LogP) is 1.85. The van der Waals surface area contributed by atoms with Gasteiger partial charge in [0.05, 0.1) is 11.9 Å². The van der Waals surface area contributed by atoms with Crippen LogP contribution >= 0.6 is 24.0 Å². The van der Waals surface area contributed by atoms with Crippen molar-refractivity contribution in [2.75, 3.05) is 18.9 Å². The number of nitrogens with one attached hydrogen (secondary N) is 1. The van der Waals surface area contributed by atoms with E-state index in [0.717, 1.165) is 36.3 Å². The zero-order valence-electron chi connectivity index (χ0n) is 11.8. The third kappa shape index (κ3) is 5.30. The van der Waals surface area contributed by atoms with Crippen molar-refractivity contribution in [1.82, 2.24) is 5.32 Å². The Labute approximate surface area is 134 Å². The molecule has 0 spiro atoms. The molecule has 1 amide bonds. The summed E-state index contributed by atoms with van der Waals surface area (Å²) in [4.78, 5) is 12.2. The molecule has 0 aliphatic carbocycles. The molecule has 1 saturated heterocycles. The molecular formula is C15H20N2O2S2. The van der Waals surface area contributed by atoms with Crippen molar-refractivity contribution in [3.05, 3.63) is 35.4 Å². The van der Waals surface area contributed by atoms with E-state index in [1.165, 1.54) is 0 Å². The molecule has 1 aromatic rings. The van der Waals surface area contributed by atoms with E-state index < -0.39 is 0 Å². The molecule has 1 unspecified atom stereocenters. The number of thiocarbonyl (C=S) groups is 1. The zero-order chi connectivity index (χ0) is 15.1. The van der Waals surface area contributed by atoms with Crippen LogP contribution in [0.3, 0.4) is 0 Å². The van der Waals surface area contributed by atoms with Crippen molar-refractivity contribution >= 4 is 34.9 Å². The molecule has 1 atom stereocenters. The average molecular weight is 324 g/mol. The second-order valence-electron chi connectivity index (χ2n) is 4.95. The van der Waals surface area contributed by atoms with Crippen LogP contribution < -0.4 is 11.1 Å². The fourth-order valence-electron chi connectivity index (χ4n) is 2.22. The first-order valence-corrected chi connectivity index (χ1v) is 8.57. The highest BCUT2D eigenvalue weighted by Gasteiger charge is 2.16. The van der Waals surface area contributed by atoms with Gasteiger partial charge in [-0.05, 0) is 18.4 Å². The summed E-state index contributed by atoms with van der Waals surface area (Å²) < 4.78 is 5.47. The number of carbonyl (C=O) groups excluding carboxylic acids is 1. The molecule has 0 saturated carbocycles. The highest BCUT2D eigenvalue weighted by atomic mass is 32.2. The van der Waals surface area contributed by atoms with Gasteiger partial charge in [0, 0.05) is 24.5 Å². The van der Waals surface area contributed by atoms with E-state index in [0.29, 0.717) is 17.3 Å². The molecule has 1 fully saturated rings. The van der Waals surface area contributed by atoms with Crippen LogP contribution in [0.1, 0.15) is 24.0 Å². The minimum absolute atomic E-state index is 0.0447. The van der Waals surface area contributed by atoms with Gasteiger partial charge in [0.15, 0.2) is 0 Å². The molecular weight excluding hydrogens is 304 g/mol. The van der Waals surface area contributed by atoms with Crippen LogP contribution in [0.2, 0.25) is 0 Å². The second kappa shape index (κ2) is 8.36. The summed E-state index contributed by atoms with van der Waals surface area (Å²) in [6.07, 6.45) is 2.31. The summed E-state index contributed by atoms with van der Waals surface area (Å²) in [6, 6.07) is 7.77. The summed E-state index contributed by atoms with van der Waals surface area (Å²) in [5.74, 6) is 1.20. The summed E-state index contributed by atoms with van der Waals surface area (Å²) >= 11 is 6.59. The van der Waals surface area contributed by atoms with Gasteiger partial charge >= 0.3 is 0 Å². The molecule has 0 radical (unpaired) electrons. The third-order valence-electron chi connectivity index (χ3n) is 3.32. The number of nitrogens with two attached hydrogens (primary N) is 1. The van der Waals surface area contributed by atoms with Crippen LogP contribution in [0.25, 0.3) is 0 Å². The smallest absolute Gasteiger partial charge is 0.230 e. The summed E-state index contributed by atoms with van der Waals surface area (Å²) in [5.41, 5.74) is 7.65. The van der Waals surface area contributed by atoms with E-state index in [4.69, 9.17) is 22.7 Å². The van der Waals surface area contributed by atoms with E-state index in [2.05, 4.69) is 5.32 Å². The Morgan fingerprint density at radius 1 is 1.48 bits per heavy atom. The number of rotatable bonds is 7. The summed E-state index contributed by atoms with van der Waals surface area (Å²) in [7, 11) is 0. The number of amides is 1. The Morgan fingerprint density at radius 2 is 2.29 bits per heavy atom. The number of hydrogen-bond donors (Lipinski definition) is 2. The Kier molecular flexibility index (Phi) is 6.48. The normalized spacial score (nSPS) is 17.6. The van der Waals surface area contributed by atoms with E-state index in [1.54, 1.807) is 11.8 Å². The third-order valence-corrected chi connectivity index (χ3v) is 4.53.